The lowest BCUT2D eigenvalue weighted by Crippen LogP contribution is -2.04. The van der Waals surface area contributed by atoms with Crippen LogP contribution in [0.2, 0.25) is 0 Å². The van der Waals surface area contributed by atoms with Crippen LogP contribution in [0.1, 0.15) is 5.56 Å². The molecule has 0 radical (unpaired) electrons. The van der Waals surface area contributed by atoms with Gasteiger partial charge in [0, 0.05) is 23.3 Å². The Morgan fingerprint density at radius 2 is 1.70 bits per heavy atom. The van der Waals surface area contributed by atoms with Crippen LogP contribution in [0.25, 0.3) is 21.7 Å². The van der Waals surface area contributed by atoms with Crippen molar-refractivity contribution in [1.82, 2.24) is 0 Å². The van der Waals surface area contributed by atoms with Gasteiger partial charge in [-0.05, 0) is 41.1 Å². The van der Waals surface area contributed by atoms with Gasteiger partial charge < -0.3 is 9.15 Å². The topological polar surface area (TPSA) is 73.6 Å². The predicted octanol–water partition coefficient (Wildman–Crippen LogP) is 3.93. The Morgan fingerprint density at radius 3 is 2.44 bits per heavy atom. The first-order valence-electron chi connectivity index (χ1n) is 8.29. The number of hydrogen-bond donors (Lipinski definition) is 0. The fourth-order valence-corrected chi connectivity index (χ4v) is 3.71. The van der Waals surface area contributed by atoms with Crippen LogP contribution in [-0.4, -0.2) is 14.7 Å². The van der Waals surface area contributed by atoms with E-state index in [-0.39, 0.29) is 11.5 Å². The maximum Gasteiger partial charge on any atom is 0.336 e. The molecule has 0 bridgehead atoms. The Morgan fingerprint density at radius 1 is 0.963 bits per heavy atom. The van der Waals surface area contributed by atoms with Crippen LogP contribution in [0.4, 0.5) is 0 Å². The summed E-state index contributed by atoms with van der Waals surface area (Å²) in [7, 11) is -3.25. The van der Waals surface area contributed by atoms with Crippen molar-refractivity contribution in [2.75, 3.05) is 6.26 Å². The zero-order valence-electron chi connectivity index (χ0n) is 14.5. The van der Waals surface area contributed by atoms with Crippen molar-refractivity contribution in [1.29, 1.82) is 0 Å². The average molecular weight is 380 g/mol. The number of fused-ring (bicyclic) bond motifs is 3. The van der Waals surface area contributed by atoms with Gasteiger partial charge in [-0.3, -0.25) is 0 Å². The summed E-state index contributed by atoms with van der Waals surface area (Å²) in [6.45, 7) is 0.161. The van der Waals surface area contributed by atoms with E-state index in [1.165, 1.54) is 18.2 Å². The molecule has 5 nitrogen and oxygen atoms in total. The summed E-state index contributed by atoms with van der Waals surface area (Å²) in [5, 5.41) is 2.85. The lowest BCUT2D eigenvalue weighted by atomic mass is 10.0. The Hall–Kier alpha value is -3.12. The third-order valence-corrected chi connectivity index (χ3v) is 5.49. The number of hydrogen-bond acceptors (Lipinski definition) is 5. The fraction of sp³-hybridized carbons (Fsp3) is 0.0952. The summed E-state index contributed by atoms with van der Waals surface area (Å²) >= 11 is 0. The second kappa shape index (κ2) is 6.55. The molecule has 0 fully saturated rings. The molecule has 1 heterocycles. The van der Waals surface area contributed by atoms with E-state index in [9.17, 15) is 13.2 Å². The minimum Gasteiger partial charge on any atom is -0.489 e. The van der Waals surface area contributed by atoms with Crippen LogP contribution in [0.5, 0.6) is 5.75 Å². The van der Waals surface area contributed by atoms with Gasteiger partial charge in [-0.2, -0.15) is 0 Å². The Bertz CT molecular complexity index is 1300. The first-order valence-corrected chi connectivity index (χ1v) is 10.2. The molecule has 4 rings (SSSR count). The monoisotopic (exact) mass is 380 g/mol. The lowest BCUT2D eigenvalue weighted by Gasteiger charge is -2.10. The van der Waals surface area contributed by atoms with E-state index in [1.807, 2.05) is 30.3 Å². The molecule has 1 aromatic heterocycles. The Balaban J connectivity index is 1.73. The van der Waals surface area contributed by atoms with E-state index in [4.69, 9.17) is 9.15 Å². The highest BCUT2D eigenvalue weighted by atomic mass is 32.2. The third-order valence-electron chi connectivity index (χ3n) is 4.36. The molecule has 3 aromatic carbocycles. The van der Waals surface area contributed by atoms with E-state index in [0.29, 0.717) is 16.9 Å². The van der Waals surface area contributed by atoms with Gasteiger partial charge in [-0.15, -0.1) is 0 Å². The molecular formula is C21H16O5S. The molecule has 0 aliphatic rings. The summed E-state index contributed by atoms with van der Waals surface area (Å²) in [5.74, 6) is 0.518. The average Bonchev–Trinajstić information content (AvgIpc) is 2.65. The maximum atomic E-state index is 11.9. The molecule has 4 aromatic rings. The third kappa shape index (κ3) is 3.44. The van der Waals surface area contributed by atoms with Crippen LogP contribution < -0.4 is 10.4 Å². The Labute approximate surface area is 155 Å². The van der Waals surface area contributed by atoms with Crippen molar-refractivity contribution in [2.24, 2.45) is 0 Å². The number of benzene rings is 3. The van der Waals surface area contributed by atoms with Crippen molar-refractivity contribution < 1.29 is 17.6 Å². The van der Waals surface area contributed by atoms with Gasteiger partial charge >= 0.3 is 5.63 Å². The molecule has 27 heavy (non-hydrogen) atoms. The SMILES string of the molecule is CS(=O)(=O)c1ccc(OCc2cc(=O)oc3ccc4ccccc4c23)cc1. The molecule has 0 spiro atoms. The molecule has 6 heteroatoms. The van der Waals surface area contributed by atoms with E-state index in [1.54, 1.807) is 18.2 Å². The standard InChI is InChI=1S/C21H16O5S/c1-27(23,24)17-9-7-16(8-10-17)25-13-15-12-20(22)26-19-11-6-14-4-2-3-5-18(14)21(15)19/h2-12H,13H2,1H3. The van der Waals surface area contributed by atoms with Crippen molar-refractivity contribution in [3.8, 4) is 5.75 Å². The lowest BCUT2D eigenvalue weighted by molar-refractivity contribution is 0.306. The molecule has 0 N–H and O–H groups in total. The molecule has 0 atom stereocenters. The minimum absolute atomic E-state index is 0.161. The first-order chi connectivity index (χ1) is 12.9. The van der Waals surface area contributed by atoms with Gasteiger partial charge in [-0.25, -0.2) is 13.2 Å². The van der Waals surface area contributed by atoms with Crippen molar-refractivity contribution in [2.45, 2.75) is 11.5 Å². The quantitative estimate of drug-likeness (QED) is 0.396. The van der Waals surface area contributed by atoms with Crippen molar-refractivity contribution in [3.63, 3.8) is 0 Å². The van der Waals surface area contributed by atoms with Gasteiger partial charge in [0.25, 0.3) is 0 Å². The van der Waals surface area contributed by atoms with E-state index in [0.717, 1.165) is 22.4 Å². The van der Waals surface area contributed by atoms with Crippen LogP contribution >= 0.6 is 0 Å². The predicted molar refractivity (Wildman–Crippen MR) is 104 cm³/mol. The fourth-order valence-electron chi connectivity index (χ4n) is 3.08. The highest BCUT2D eigenvalue weighted by Crippen LogP contribution is 2.28. The van der Waals surface area contributed by atoms with Gasteiger partial charge in [-0.1, -0.05) is 30.3 Å². The second-order valence-corrected chi connectivity index (χ2v) is 8.30. The first kappa shape index (κ1) is 17.3. The molecule has 0 unspecified atom stereocenters. The molecule has 136 valence electrons. The molecule has 0 aliphatic carbocycles. The summed E-state index contributed by atoms with van der Waals surface area (Å²) in [6, 6.07) is 19.2. The largest absolute Gasteiger partial charge is 0.489 e. The van der Waals surface area contributed by atoms with E-state index < -0.39 is 15.5 Å². The van der Waals surface area contributed by atoms with E-state index in [2.05, 4.69) is 0 Å². The second-order valence-electron chi connectivity index (χ2n) is 6.28. The van der Waals surface area contributed by atoms with Crippen LogP contribution in [0.3, 0.4) is 0 Å². The van der Waals surface area contributed by atoms with Crippen LogP contribution in [-0.2, 0) is 16.4 Å². The Kier molecular flexibility index (Phi) is 4.20. The minimum atomic E-state index is -3.25. The van der Waals surface area contributed by atoms with Gasteiger partial charge in [0.05, 0.1) is 4.90 Å². The molecular weight excluding hydrogens is 364 g/mol. The van der Waals surface area contributed by atoms with Crippen molar-refractivity contribution >= 4 is 31.6 Å². The number of ether oxygens (including phenoxy) is 1. The van der Waals surface area contributed by atoms with Crippen LogP contribution in [0.15, 0.2) is 80.8 Å². The smallest absolute Gasteiger partial charge is 0.336 e. The zero-order chi connectivity index (χ0) is 19.0. The van der Waals surface area contributed by atoms with Gasteiger partial charge in [0.2, 0.25) is 0 Å². The van der Waals surface area contributed by atoms with Gasteiger partial charge in [0.1, 0.15) is 17.9 Å². The zero-order valence-corrected chi connectivity index (χ0v) is 15.3. The molecule has 0 saturated heterocycles. The highest BCUT2D eigenvalue weighted by molar-refractivity contribution is 7.90. The highest BCUT2D eigenvalue weighted by Gasteiger charge is 2.11. The van der Waals surface area contributed by atoms with Crippen LogP contribution in [0, 0.1) is 0 Å². The van der Waals surface area contributed by atoms with Gasteiger partial charge in [0.15, 0.2) is 9.84 Å². The summed E-state index contributed by atoms with van der Waals surface area (Å²) in [4.78, 5) is 12.1. The molecule has 0 amide bonds. The number of rotatable bonds is 4. The summed E-state index contributed by atoms with van der Waals surface area (Å²) < 4.78 is 34.2. The summed E-state index contributed by atoms with van der Waals surface area (Å²) in [6.07, 6.45) is 1.16. The van der Waals surface area contributed by atoms with E-state index >= 15 is 0 Å². The molecule has 0 saturated carbocycles. The number of sulfone groups is 1. The normalized spacial score (nSPS) is 11.7. The molecule has 0 aliphatic heterocycles. The van der Waals surface area contributed by atoms with Crippen molar-refractivity contribution in [3.05, 3.63) is 82.7 Å². The maximum absolute atomic E-state index is 11.9. The summed E-state index contributed by atoms with van der Waals surface area (Å²) in [5.41, 5.74) is 0.779.